The van der Waals surface area contributed by atoms with Crippen molar-refractivity contribution in [2.45, 2.75) is 58.1 Å². The van der Waals surface area contributed by atoms with Crippen LogP contribution >= 0.6 is 0 Å². The van der Waals surface area contributed by atoms with Gasteiger partial charge in [0.25, 0.3) is 0 Å². The summed E-state index contributed by atoms with van der Waals surface area (Å²) in [5.41, 5.74) is 1.76. The van der Waals surface area contributed by atoms with Crippen LogP contribution in [0.4, 0.5) is 4.39 Å². The minimum Gasteiger partial charge on any atom is -0.388 e. The van der Waals surface area contributed by atoms with Crippen molar-refractivity contribution in [1.29, 1.82) is 0 Å². The van der Waals surface area contributed by atoms with Gasteiger partial charge in [0, 0.05) is 23.9 Å². The molecule has 0 aromatic heterocycles. The van der Waals surface area contributed by atoms with Gasteiger partial charge in [-0.15, -0.1) is 0 Å². The average Bonchev–Trinajstić information content (AvgIpc) is 2.96. The van der Waals surface area contributed by atoms with Crippen molar-refractivity contribution in [2.75, 3.05) is 7.05 Å². The first-order valence-electron chi connectivity index (χ1n) is 11.3. The van der Waals surface area contributed by atoms with Crippen LogP contribution in [0.5, 0.6) is 0 Å². The third-order valence-electron chi connectivity index (χ3n) is 9.20. The Balaban J connectivity index is 1.48. The van der Waals surface area contributed by atoms with Crippen LogP contribution in [0.1, 0.15) is 51.5 Å². The largest absolute Gasteiger partial charge is 0.388 e. The third-order valence-corrected chi connectivity index (χ3v) is 9.20. The van der Waals surface area contributed by atoms with Crippen molar-refractivity contribution in [3.05, 3.63) is 53.4 Å². The van der Waals surface area contributed by atoms with Gasteiger partial charge in [-0.3, -0.25) is 4.79 Å². The Morgan fingerprint density at radius 1 is 1.20 bits per heavy atom. The second-order valence-corrected chi connectivity index (χ2v) is 10.5. The summed E-state index contributed by atoms with van der Waals surface area (Å²) in [6.45, 7) is 4.59. The lowest BCUT2D eigenvalue weighted by Crippen LogP contribution is -2.59. The normalized spacial score (nSPS) is 44.0. The number of nitrogens with zero attached hydrogens (tertiary/aromatic N) is 1. The molecule has 1 heterocycles. The van der Waals surface area contributed by atoms with Gasteiger partial charge in [0.05, 0.1) is 6.10 Å². The van der Waals surface area contributed by atoms with Crippen molar-refractivity contribution >= 4 is 12.0 Å². The summed E-state index contributed by atoms with van der Waals surface area (Å²) in [7, 11) is 1.95. The van der Waals surface area contributed by atoms with Crippen LogP contribution in [0.15, 0.2) is 42.0 Å². The highest BCUT2D eigenvalue weighted by Gasteiger charge is 2.61. The molecule has 1 amide bonds. The zero-order valence-electron chi connectivity index (χ0n) is 18.1. The standard InChI is InChI=1S/C26H32FNO2/c1-25-12-10-23(29)28(3)22(25)8-7-19-20(25)9-11-26(2)21(19)15-17(24(26)30)13-16-5-4-6-18(27)14-16/h4-6,10,12-14,19-22,24,30H,7-9,11,15H2,1-3H3/b17-13+/t19-,20+,21+,22-,24+,25-,26+/m1/s1. The summed E-state index contributed by atoms with van der Waals surface area (Å²) in [5.74, 6) is 1.38. The molecule has 0 saturated heterocycles. The number of hydrogen-bond donors (Lipinski definition) is 1. The average molecular weight is 410 g/mol. The van der Waals surface area contributed by atoms with Crippen molar-refractivity contribution in [3.8, 4) is 0 Å². The van der Waals surface area contributed by atoms with Crippen LogP contribution in [-0.2, 0) is 4.79 Å². The highest BCUT2D eigenvalue weighted by molar-refractivity contribution is 5.89. The zero-order valence-corrected chi connectivity index (χ0v) is 18.1. The number of rotatable bonds is 1. The minimum atomic E-state index is -0.469. The smallest absolute Gasteiger partial charge is 0.246 e. The first-order valence-corrected chi connectivity index (χ1v) is 11.3. The first kappa shape index (κ1) is 20.0. The van der Waals surface area contributed by atoms with Gasteiger partial charge >= 0.3 is 0 Å². The second-order valence-electron chi connectivity index (χ2n) is 10.5. The highest BCUT2D eigenvalue weighted by atomic mass is 19.1. The van der Waals surface area contributed by atoms with Gasteiger partial charge in [-0.05, 0) is 79.2 Å². The summed E-state index contributed by atoms with van der Waals surface area (Å²) in [6, 6.07) is 6.90. The molecule has 4 heteroatoms. The SMILES string of the molecule is CN1C(=O)C=C[C@]2(C)[C@H]3CC[C@]4(C)[C@@H](O)/C(=C/c5cccc(F)c5)C[C@H]4[C@@H]3CC[C@@H]12. The first-order chi connectivity index (χ1) is 14.2. The van der Waals surface area contributed by atoms with E-state index in [2.05, 4.69) is 19.9 Å². The molecular weight excluding hydrogens is 377 g/mol. The second kappa shape index (κ2) is 6.78. The number of hydrogen-bond acceptors (Lipinski definition) is 2. The Hall–Kier alpha value is -1.94. The Kier molecular flexibility index (Phi) is 4.52. The van der Waals surface area contributed by atoms with Crippen LogP contribution in [0.25, 0.3) is 6.08 Å². The molecule has 0 unspecified atom stereocenters. The van der Waals surface area contributed by atoms with E-state index in [0.29, 0.717) is 17.8 Å². The van der Waals surface area contributed by atoms with Crippen molar-refractivity contribution < 1.29 is 14.3 Å². The monoisotopic (exact) mass is 409 g/mol. The number of carbonyl (C=O) groups is 1. The van der Waals surface area contributed by atoms with Gasteiger partial charge in [-0.25, -0.2) is 4.39 Å². The quantitative estimate of drug-likeness (QED) is 0.722. The molecule has 1 aromatic rings. The van der Waals surface area contributed by atoms with Gasteiger partial charge in [0.15, 0.2) is 0 Å². The van der Waals surface area contributed by atoms with E-state index in [-0.39, 0.29) is 28.6 Å². The van der Waals surface area contributed by atoms with Gasteiger partial charge in [-0.2, -0.15) is 0 Å². The topological polar surface area (TPSA) is 40.5 Å². The Morgan fingerprint density at radius 3 is 2.77 bits per heavy atom. The molecule has 3 aliphatic carbocycles. The molecule has 4 aliphatic rings. The van der Waals surface area contributed by atoms with E-state index in [4.69, 9.17) is 0 Å². The Labute approximate surface area is 178 Å². The van der Waals surface area contributed by atoms with Gasteiger partial charge in [-0.1, -0.05) is 38.1 Å². The van der Waals surface area contributed by atoms with Crippen LogP contribution < -0.4 is 0 Å². The lowest BCUT2D eigenvalue weighted by Gasteiger charge is -2.59. The number of carbonyl (C=O) groups excluding carboxylic acids is 1. The lowest BCUT2D eigenvalue weighted by molar-refractivity contribution is -0.140. The molecule has 0 bridgehead atoms. The number of benzene rings is 1. The van der Waals surface area contributed by atoms with E-state index < -0.39 is 6.10 Å². The number of halogens is 1. The van der Waals surface area contributed by atoms with E-state index in [1.54, 1.807) is 18.2 Å². The lowest BCUT2D eigenvalue weighted by atomic mass is 9.48. The van der Waals surface area contributed by atoms with Crippen molar-refractivity contribution in [2.24, 2.45) is 28.6 Å². The number of aliphatic hydroxyl groups is 1. The number of fused-ring (bicyclic) bond motifs is 5. The molecule has 1 N–H and O–H groups in total. The molecular formula is C26H32FNO2. The fraction of sp³-hybridized carbons (Fsp3) is 0.577. The summed E-state index contributed by atoms with van der Waals surface area (Å²) < 4.78 is 13.7. The summed E-state index contributed by atoms with van der Waals surface area (Å²) in [4.78, 5) is 14.2. The van der Waals surface area contributed by atoms with Crippen LogP contribution in [0, 0.1) is 34.4 Å². The van der Waals surface area contributed by atoms with Crippen LogP contribution in [0.3, 0.4) is 0 Å². The molecule has 0 radical (unpaired) electrons. The van der Waals surface area contributed by atoms with E-state index in [1.807, 2.05) is 24.1 Å². The minimum absolute atomic E-state index is 0.00683. The number of aliphatic hydroxyl groups excluding tert-OH is 1. The third kappa shape index (κ3) is 2.76. The summed E-state index contributed by atoms with van der Waals surface area (Å²) in [5, 5.41) is 11.3. The molecule has 3 nitrogen and oxygen atoms in total. The molecule has 1 aromatic carbocycles. The number of likely N-dealkylation sites (N-methyl/N-ethyl adjacent to an activating group) is 1. The Bertz CT molecular complexity index is 939. The van der Waals surface area contributed by atoms with E-state index in [9.17, 15) is 14.3 Å². The molecule has 3 fully saturated rings. The molecule has 30 heavy (non-hydrogen) atoms. The summed E-state index contributed by atoms with van der Waals surface area (Å²) in [6.07, 6.45) is 10.6. The Morgan fingerprint density at radius 2 is 2.00 bits per heavy atom. The molecule has 0 spiro atoms. The maximum Gasteiger partial charge on any atom is 0.246 e. The van der Waals surface area contributed by atoms with E-state index >= 15 is 0 Å². The van der Waals surface area contributed by atoms with E-state index in [0.717, 1.165) is 43.2 Å². The molecule has 1 aliphatic heterocycles. The predicted octanol–water partition coefficient (Wildman–Crippen LogP) is 4.82. The van der Waals surface area contributed by atoms with Crippen LogP contribution in [0.2, 0.25) is 0 Å². The molecule has 3 saturated carbocycles. The predicted molar refractivity (Wildman–Crippen MR) is 116 cm³/mol. The zero-order chi connectivity index (χ0) is 21.3. The van der Waals surface area contributed by atoms with E-state index in [1.165, 1.54) is 6.07 Å². The van der Waals surface area contributed by atoms with Crippen LogP contribution in [-0.4, -0.2) is 35.1 Å². The number of amides is 1. The van der Waals surface area contributed by atoms with Crippen molar-refractivity contribution in [3.63, 3.8) is 0 Å². The van der Waals surface area contributed by atoms with Gasteiger partial charge in [0.1, 0.15) is 5.82 Å². The highest BCUT2D eigenvalue weighted by Crippen LogP contribution is 2.64. The molecule has 160 valence electrons. The van der Waals surface area contributed by atoms with Gasteiger partial charge in [0.2, 0.25) is 5.91 Å². The fourth-order valence-electron chi connectivity index (χ4n) is 7.55. The molecule has 7 atom stereocenters. The maximum absolute atomic E-state index is 13.7. The maximum atomic E-state index is 13.7. The van der Waals surface area contributed by atoms with Gasteiger partial charge < -0.3 is 10.0 Å². The van der Waals surface area contributed by atoms with Crippen molar-refractivity contribution in [1.82, 2.24) is 4.90 Å². The molecule has 5 rings (SSSR count). The fourth-order valence-corrected chi connectivity index (χ4v) is 7.55. The summed E-state index contributed by atoms with van der Waals surface area (Å²) >= 11 is 0.